The zero-order valence-electron chi connectivity index (χ0n) is 10.2. The van der Waals surface area contributed by atoms with Crippen molar-refractivity contribution in [2.75, 3.05) is 13.6 Å². The molecule has 1 saturated carbocycles. The van der Waals surface area contributed by atoms with Crippen molar-refractivity contribution >= 4 is 17.2 Å². The molecule has 0 unspecified atom stereocenters. The van der Waals surface area contributed by atoms with Crippen LogP contribution in [0.2, 0.25) is 0 Å². The normalized spacial score (nSPS) is 16.4. The van der Waals surface area contributed by atoms with Gasteiger partial charge in [-0.1, -0.05) is 12.8 Å². The molecule has 2 N–H and O–H groups in total. The molecule has 17 heavy (non-hydrogen) atoms. The Balaban J connectivity index is 1.93. The first-order valence-corrected chi connectivity index (χ1v) is 6.98. The van der Waals surface area contributed by atoms with Gasteiger partial charge in [0.05, 0.1) is 0 Å². The molecular formula is C12H19N3OS. The van der Waals surface area contributed by atoms with Gasteiger partial charge in [-0.3, -0.25) is 4.79 Å². The summed E-state index contributed by atoms with van der Waals surface area (Å²) in [6.07, 6.45) is 5.12. The van der Waals surface area contributed by atoms with E-state index in [-0.39, 0.29) is 5.91 Å². The first-order valence-electron chi connectivity index (χ1n) is 6.10. The van der Waals surface area contributed by atoms with Crippen molar-refractivity contribution in [2.24, 2.45) is 11.7 Å². The largest absolute Gasteiger partial charge is 0.340 e. The van der Waals surface area contributed by atoms with Crippen LogP contribution < -0.4 is 5.73 Å². The highest BCUT2D eigenvalue weighted by atomic mass is 32.1. The fourth-order valence-corrected chi connectivity index (χ4v) is 3.01. The third kappa shape index (κ3) is 3.04. The standard InChI is InChI=1S/C12H19N3OS/c1-15(7-9-4-2-3-5-9)12(16)10-8-17-11(6-13)14-10/h8-9H,2-7,13H2,1H3. The molecule has 0 atom stereocenters. The van der Waals surface area contributed by atoms with Crippen LogP contribution in [0.3, 0.4) is 0 Å². The van der Waals surface area contributed by atoms with E-state index in [1.54, 1.807) is 10.3 Å². The maximum atomic E-state index is 12.1. The number of hydrogen-bond acceptors (Lipinski definition) is 4. The molecule has 0 aliphatic heterocycles. The van der Waals surface area contributed by atoms with E-state index in [1.165, 1.54) is 37.0 Å². The van der Waals surface area contributed by atoms with Gasteiger partial charge >= 0.3 is 0 Å². The van der Waals surface area contributed by atoms with Crippen molar-refractivity contribution in [1.29, 1.82) is 0 Å². The molecule has 0 radical (unpaired) electrons. The molecular weight excluding hydrogens is 234 g/mol. The van der Waals surface area contributed by atoms with Gasteiger partial charge in [-0.2, -0.15) is 0 Å². The fourth-order valence-electron chi connectivity index (χ4n) is 2.36. The van der Waals surface area contributed by atoms with Gasteiger partial charge in [-0.05, 0) is 18.8 Å². The predicted octanol–water partition coefficient (Wildman–Crippen LogP) is 1.86. The molecule has 1 aliphatic rings. The second kappa shape index (κ2) is 5.60. The second-order valence-electron chi connectivity index (χ2n) is 4.67. The minimum absolute atomic E-state index is 0.0212. The summed E-state index contributed by atoms with van der Waals surface area (Å²) in [5, 5.41) is 2.62. The highest BCUT2D eigenvalue weighted by molar-refractivity contribution is 7.09. The Bertz CT molecular complexity index is 385. The van der Waals surface area contributed by atoms with Crippen molar-refractivity contribution in [3.63, 3.8) is 0 Å². The highest BCUT2D eigenvalue weighted by Crippen LogP contribution is 2.25. The molecule has 1 heterocycles. The lowest BCUT2D eigenvalue weighted by Gasteiger charge is -2.20. The van der Waals surface area contributed by atoms with Crippen LogP contribution in [0, 0.1) is 5.92 Å². The molecule has 5 heteroatoms. The summed E-state index contributed by atoms with van der Waals surface area (Å²) < 4.78 is 0. The zero-order valence-corrected chi connectivity index (χ0v) is 11.0. The maximum absolute atomic E-state index is 12.1. The number of nitrogens with two attached hydrogens (primary N) is 1. The van der Waals surface area contributed by atoms with Gasteiger partial charge in [0.15, 0.2) is 0 Å². The average molecular weight is 253 g/mol. The molecule has 1 fully saturated rings. The van der Waals surface area contributed by atoms with Crippen LogP contribution >= 0.6 is 11.3 Å². The Morgan fingerprint density at radius 2 is 2.29 bits per heavy atom. The Morgan fingerprint density at radius 1 is 1.59 bits per heavy atom. The molecule has 1 aromatic heterocycles. The molecule has 1 aliphatic carbocycles. The number of carbonyl (C=O) groups excluding carboxylic acids is 1. The summed E-state index contributed by atoms with van der Waals surface area (Å²) in [5.41, 5.74) is 6.03. The first kappa shape index (κ1) is 12.5. The molecule has 0 bridgehead atoms. The minimum atomic E-state index is 0.0212. The van der Waals surface area contributed by atoms with E-state index in [0.717, 1.165) is 11.6 Å². The lowest BCUT2D eigenvalue weighted by molar-refractivity contribution is 0.0768. The van der Waals surface area contributed by atoms with Crippen LogP contribution in [0.4, 0.5) is 0 Å². The summed E-state index contributed by atoms with van der Waals surface area (Å²) in [6.45, 7) is 1.26. The van der Waals surface area contributed by atoms with Gasteiger partial charge in [0.2, 0.25) is 0 Å². The van der Waals surface area contributed by atoms with Gasteiger partial charge in [0.25, 0.3) is 5.91 Å². The number of hydrogen-bond donors (Lipinski definition) is 1. The van der Waals surface area contributed by atoms with Crippen LogP contribution in [0.15, 0.2) is 5.38 Å². The summed E-state index contributed by atoms with van der Waals surface area (Å²) in [6, 6.07) is 0. The van der Waals surface area contributed by atoms with Crippen LogP contribution in [0.25, 0.3) is 0 Å². The summed E-state index contributed by atoms with van der Waals surface area (Å²) in [7, 11) is 1.86. The van der Waals surface area contributed by atoms with Crippen molar-refractivity contribution < 1.29 is 4.79 Å². The molecule has 1 aromatic rings. The average Bonchev–Trinajstić information content (AvgIpc) is 2.98. The summed E-state index contributed by atoms with van der Waals surface area (Å²) >= 11 is 1.45. The van der Waals surface area contributed by atoms with Gasteiger partial charge in [-0.25, -0.2) is 4.98 Å². The van der Waals surface area contributed by atoms with Gasteiger partial charge in [0, 0.05) is 25.5 Å². The van der Waals surface area contributed by atoms with Gasteiger partial charge in [0.1, 0.15) is 10.7 Å². The second-order valence-corrected chi connectivity index (χ2v) is 5.61. The third-order valence-corrected chi connectivity index (χ3v) is 4.17. The van der Waals surface area contributed by atoms with Crippen LogP contribution in [0.5, 0.6) is 0 Å². The Kier molecular flexibility index (Phi) is 4.12. The quantitative estimate of drug-likeness (QED) is 0.891. The minimum Gasteiger partial charge on any atom is -0.340 e. The number of nitrogens with zero attached hydrogens (tertiary/aromatic N) is 2. The lowest BCUT2D eigenvalue weighted by Crippen LogP contribution is -2.31. The molecule has 0 aromatic carbocycles. The van der Waals surface area contributed by atoms with Crippen molar-refractivity contribution in [1.82, 2.24) is 9.88 Å². The SMILES string of the molecule is CN(CC1CCCC1)C(=O)c1csc(CN)n1. The zero-order chi connectivity index (χ0) is 12.3. The van der Waals surface area contributed by atoms with E-state index >= 15 is 0 Å². The van der Waals surface area contributed by atoms with Crippen molar-refractivity contribution in [3.8, 4) is 0 Å². The van der Waals surface area contributed by atoms with Crippen molar-refractivity contribution in [3.05, 3.63) is 16.1 Å². The van der Waals surface area contributed by atoms with E-state index in [2.05, 4.69) is 4.98 Å². The fraction of sp³-hybridized carbons (Fsp3) is 0.667. The third-order valence-electron chi connectivity index (χ3n) is 3.30. The molecule has 2 rings (SSSR count). The Labute approximate surface area is 106 Å². The van der Waals surface area contributed by atoms with Crippen LogP contribution in [0.1, 0.15) is 41.2 Å². The molecule has 0 spiro atoms. The molecule has 94 valence electrons. The van der Waals surface area contributed by atoms with E-state index in [1.807, 2.05) is 7.05 Å². The summed E-state index contributed by atoms with van der Waals surface area (Å²) in [5.74, 6) is 0.699. The first-order chi connectivity index (χ1) is 8.20. The number of rotatable bonds is 4. The maximum Gasteiger partial charge on any atom is 0.273 e. The van der Waals surface area contributed by atoms with Gasteiger partial charge < -0.3 is 10.6 Å². The van der Waals surface area contributed by atoms with E-state index in [4.69, 9.17) is 5.73 Å². The van der Waals surface area contributed by atoms with Crippen LogP contribution in [-0.2, 0) is 6.54 Å². The molecule has 1 amide bonds. The Morgan fingerprint density at radius 3 is 2.88 bits per heavy atom. The number of amides is 1. The molecule has 4 nitrogen and oxygen atoms in total. The smallest absolute Gasteiger partial charge is 0.273 e. The molecule has 0 saturated heterocycles. The highest BCUT2D eigenvalue weighted by Gasteiger charge is 2.21. The number of aromatic nitrogens is 1. The van der Waals surface area contributed by atoms with Crippen molar-refractivity contribution in [2.45, 2.75) is 32.2 Å². The van der Waals surface area contributed by atoms with E-state index in [9.17, 15) is 4.79 Å². The lowest BCUT2D eigenvalue weighted by atomic mass is 10.1. The number of carbonyl (C=O) groups is 1. The number of thiazole rings is 1. The topological polar surface area (TPSA) is 59.2 Å². The van der Waals surface area contributed by atoms with E-state index in [0.29, 0.717) is 18.2 Å². The summed E-state index contributed by atoms with van der Waals surface area (Å²) in [4.78, 5) is 18.1. The monoisotopic (exact) mass is 253 g/mol. The van der Waals surface area contributed by atoms with E-state index < -0.39 is 0 Å². The van der Waals surface area contributed by atoms with Gasteiger partial charge in [-0.15, -0.1) is 11.3 Å². The van der Waals surface area contributed by atoms with Crippen LogP contribution in [-0.4, -0.2) is 29.4 Å². The Hall–Kier alpha value is -0.940. The predicted molar refractivity (Wildman–Crippen MR) is 68.9 cm³/mol.